The Labute approximate surface area is 194 Å². The predicted octanol–water partition coefficient (Wildman–Crippen LogP) is 5.46. The summed E-state index contributed by atoms with van der Waals surface area (Å²) in [7, 11) is 0. The van der Waals surface area contributed by atoms with E-state index in [9.17, 15) is 13.6 Å². The molecule has 4 heterocycles. The monoisotopic (exact) mass is 469 g/mol. The molecule has 0 amide bonds. The number of carbonyl (C=O) groups excluding carboxylic acids is 1. The van der Waals surface area contributed by atoms with E-state index in [0.717, 1.165) is 16.1 Å². The normalized spacial score (nSPS) is 12.7. The Hall–Kier alpha value is -3.04. The number of pyridine rings is 1. The minimum atomic E-state index is -2.38. The van der Waals surface area contributed by atoms with E-state index in [1.807, 2.05) is 43.6 Å². The third-order valence-electron chi connectivity index (χ3n) is 5.69. The minimum Gasteiger partial charge on any atom is -0.295 e. The molecule has 0 saturated carbocycles. The number of carbonyl (C=O) groups is 1. The molecule has 0 aliphatic heterocycles. The van der Waals surface area contributed by atoms with Crippen molar-refractivity contribution in [3.8, 4) is 21.8 Å². The summed E-state index contributed by atoms with van der Waals surface area (Å²) < 4.78 is 27.2. The van der Waals surface area contributed by atoms with Gasteiger partial charge >= 0.3 is 0 Å². The van der Waals surface area contributed by atoms with Gasteiger partial charge in [0, 0.05) is 30.4 Å². The maximum Gasteiger partial charge on any atom is 0.251 e. The van der Waals surface area contributed by atoms with Crippen molar-refractivity contribution in [3.63, 3.8) is 0 Å². The van der Waals surface area contributed by atoms with E-state index < -0.39 is 6.43 Å². The standard InChI is InChI=1S/C24H25F2N5OS/c1-3-30(15-23(25)26)16(2)6-7-21(32)17-8-10-27-20(13-17)18-14-28-31-11-9-19(29-24(18)31)22-5-4-12-33-22/h4-5,8-14,16,23H,3,6-7,15H2,1-2H3/t16-/m0/s1. The number of alkyl halides is 2. The number of hydrogen-bond donors (Lipinski definition) is 0. The molecule has 0 N–H and O–H groups in total. The summed E-state index contributed by atoms with van der Waals surface area (Å²) in [4.78, 5) is 24.8. The van der Waals surface area contributed by atoms with Gasteiger partial charge in [0.2, 0.25) is 0 Å². The molecule has 0 unspecified atom stereocenters. The maximum absolute atomic E-state index is 12.8. The van der Waals surface area contributed by atoms with Crippen molar-refractivity contribution in [1.29, 1.82) is 0 Å². The lowest BCUT2D eigenvalue weighted by molar-refractivity contribution is 0.0687. The van der Waals surface area contributed by atoms with Gasteiger partial charge in [0.15, 0.2) is 11.4 Å². The molecule has 0 aromatic carbocycles. The van der Waals surface area contributed by atoms with E-state index >= 15 is 0 Å². The zero-order valence-corrected chi connectivity index (χ0v) is 19.3. The Morgan fingerprint density at radius 3 is 2.82 bits per heavy atom. The van der Waals surface area contributed by atoms with Gasteiger partial charge in [0.25, 0.3) is 6.43 Å². The van der Waals surface area contributed by atoms with E-state index in [-0.39, 0.29) is 24.8 Å². The van der Waals surface area contributed by atoms with Crippen molar-refractivity contribution in [3.05, 3.63) is 59.9 Å². The second kappa shape index (κ2) is 10.3. The number of halogens is 2. The van der Waals surface area contributed by atoms with E-state index in [4.69, 9.17) is 4.98 Å². The number of aromatic nitrogens is 4. The zero-order chi connectivity index (χ0) is 23.4. The van der Waals surface area contributed by atoms with Gasteiger partial charge in [-0.3, -0.25) is 14.7 Å². The first-order chi connectivity index (χ1) is 16.0. The van der Waals surface area contributed by atoms with Crippen LogP contribution in [-0.2, 0) is 0 Å². The average Bonchev–Trinajstić information content (AvgIpc) is 3.50. The van der Waals surface area contributed by atoms with E-state index in [0.29, 0.717) is 29.9 Å². The van der Waals surface area contributed by atoms with Gasteiger partial charge in [0.1, 0.15) is 0 Å². The third-order valence-corrected chi connectivity index (χ3v) is 6.58. The van der Waals surface area contributed by atoms with Crippen LogP contribution in [0.25, 0.3) is 27.5 Å². The molecule has 4 aromatic heterocycles. The first kappa shape index (κ1) is 23.1. The number of fused-ring (bicyclic) bond motifs is 1. The summed E-state index contributed by atoms with van der Waals surface area (Å²) in [5.41, 5.74) is 3.41. The number of nitrogens with zero attached hydrogens (tertiary/aromatic N) is 5. The highest BCUT2D eigenvalue weighted by Crippen LogP contribution is 2.27. The van der Waals surface area contributed by atoms with Crippen LogP contribution in [-0.4, -0.2) is 55.8 Å². The van der Waals surface area contributed by atoms with Gasteiger partial charge in [-0.2, -0.15) is 5.10 Å². The van der Waals surface area contributed by atoms with Crippen LogP contribution in [0.2, 0.25) is 0 Å². The molecule has 33 heavy (non-hydrogen) atoms. The molecule has 0 fully saturated rings. The second-order valence-corrected chi connectivity index (χ2v) is 8.78. The average molecular weight is 470 g/mol. The van der Waals surface area contributed by atoms with Crippen LogP contribution in [0.3, 0.4) is 0 Å². The fraction of sp³-hybridized carbons (Fsp3) is 0.333. The number of rotatable bonds is 10. The van der Waals surface area contributed by atoms with Crippen LogP contribution in [0.15, 0.2) is 54.3 Å². The lowest BCUT2D eigenvalue weighted by Crippen LogP contribution is -2.37. The van der Waals surface area contributed by atoms with Gasteiger partial charge < -0.3 is 0 Å². The third kappa shape index (κ3) is 5.31. The van der Waals surface area contributed by atoms with Gasteiger partial charge in [0.05, 0.1) is 34.6 Å². The second-order valence-electron chi connectivity index (χ2n) is 7.84. The Morgan fingerprint density at radius 2 is 2.09 bits per heavy atom. The number of hydrogen-bond acceptors (Lipinski definition) is 6. The van der Waals surface area contributed by atoms with Gasteiger partial charge in [-0.15, -0.1) is 11.3 Å². The zero-order valence-electron chi connectivity index (χ0n) is 18.5. The van der Waals surface area contributed by atoms with Crippen molar-refractivity contribution in [2.45, 2.75) is 39.2 Å². The van der Waals surface area contributed by atoms with E-state index in [1.165, 1.54) is 0 Å². The summed E-state index contributed by atoms with van der Waals surface area (Å²) >= 11 is 1.61. The number of Topliss-reactive ketones (excluding diaryl/α,β-unsaturated/α-hetero) is 1. The molecule has 0 saturated heterocycles. The summed E-state index contributed by atoms with van der Waals surface area (Å²) in [5.74, 6) is -0.0395. The molecule has 4 rings (SSSR count). The Bertz CT molecular complexity index is 1220. The largest absolute Gasteiger partial charge is 0.295 e. The van der Waals surface area contributed by atoms with E-state index in [2.05, 4.69) is 10.1 Å². The van der Waals surface area contributed by atoms with Crippen LogP contribution >= 0.6 is 11.3 Å². The summed E-state index contributed by atoms with van der Waals surface area (Å²) in [5, 5.41) is 6.37. The molecule has 0 radical (unpaired) electrons. The predicted molar refractivity (Wildman–Crippen MR) is 126 cm³/mol. The molecular weight excluding hydrogens is 444 g/mol. The van der Waals surface area contributed by atoms with Gasteiger partial charge in [-0.25, -0.2) is 18.3 Å². The van der Waals surface area contributed by atoms with Crippen molar-refractivity contribution in [2.75, 3.05) is 13.1 Å². The van der Waals surface area contributed by atoms with Crippen LogP contribution in [0.5, 0.6) is 0 Å². The van der Waals surface area contributed by atoms with E-state index in [1.54, 1.807) is 45.3 Å². The molecule has 9 heteroatoms. The quantitative estimate of drug-likeness (QED) is 0.289. The molecule has 4 aromatic rings. The van der Waals surface area contributed by atoms with Crippen LogP contribution in [0.1, 0.15) is 37.0 Å². The molecule has 0 spiro atoms. The fourth-order valence-corrected chi connectivity index (χ4v) is 4.52. The molecule has 1 atom stereocenters. The fourth-order valence-electron chi connectivity index (χ4n) is 3.83. The Kier molecular flexibility index (Phi) is 7.20. The molecular formula is C24H25F2N5OS. The number of thiophene rings is 1. The lowest BCUT2D eigenvalue weighted by Gasteiger charge is -2.27. The summed E-state index contributed by atoms with van der Waals surface area (Å²) in [6.07, 6.45) is 3.57. The summed E-state index contributed by atoms with van der Waals surface area (Å²) in [6, 6.07) is 9.24. The molecule has 0 aliphatic carbocycles. The van der Waals surface area contributed by atoms with Crippen LogP contribution in [0, 0.1) is 0 Å². The summed E-state index contributed by atoms with van der Waals surface area (Å²) in [6.45, 7) is 3.98. The highest BCUT2D eigenvalue weighted by molar-refractivity contribution is 7.13. The van der Waals surface area contributed by atoms with Gasteiger partial charge in [-0.1, -0.05) is 13.0 Å². The van der Waals surface area contributed by atoms with Crippen molar-refractivity contribution < 1.29 is 13.6 Å². The van der Waals surface area contributed by atoms with Crippen molar-refractivity contribution in [2.24, 2.45) is 0 Å². The first-order valence-electron chi connectivity index (χ1n) is 10.9. The highest BCUT2D eigenvalue weighted by Gasteiger charge is 2.19. The van der Waals surface area contributed by atoms with Crippen LogP contribution in [0.4, 0.5) is 8.78 Å². The molecule has 172 valence electrons. The molecule has 0 aliphatic rings. The molecule has 0 bridgehead atoms. The highest BCUT2D eigenvalue weighted by atomic mass is 32.1. The van der Waals surface area contributed by atoms with Crippen molar-refractivity contribution in [1.82, 2.24) is 24.5 Å². The minimum absolute atomic E-state index is 0.0395. The molecule has 6 nitrogen and oxygen atoms in total. The lowest BCUT2D eigenvalue weighted by atomic mass is 10.0. The smallest absolute Gasteiger partial charge is 0.251 e. The number of ketones is 1. The Morgan fingerprint density at radius 1 is 1.24 bits per heavy atom. The maximum atomic E-state index is 12.8. The first-order valence-corrected chi connectivity index (χ1v) is 11.7. The van der Waals surface area contributed by atoms with Crippen molar-refractivity contribution >= 4 is 22.8 Å². The van der Waals surface area contributed by atoms with Gasteiger partial charge in [-0.05, 0) is 49.5 Å². The Balaban J connectivity index is 1.52. The topological polar surface area (TPSA) is 63.4 Å². The van der Waals surface area contributed by atoms with Crippen LogP contribution < -0.4 is 0 Å². The SMILES string of the molecule is CCN(CC(F)F)[C@@H](C)CCC(=O)c1ccnc(-c2cnn3ccc(-c4cccs4)nc23)c1.